The lowest BCUT2D eigenvalue weighted by atomic mass is 9.88. The van der Waals surface area contributed by atoms with Crippen LogP contribution in [0.15, 0.2) is 23.1 Å². The van der Waals surface area contributed by atoms with Crippen molar-refractivity contribution < 1.29 is 0 Å². The van der Waals surface area contributed by atoms with E-state index in [4.69, 9.17) is 11.6 Å². The van der Waals surface area contributed by atoms with Crippen LogP contribution in [0.1, 0.15) is 25.3 Å². The van der Waals surface area contributed by atoms with Crippen LogP contribution < -0.4 is 5.32 Å². The second kappa shape index (κ2) is 4.36. The van der Waals surface area contributed by atoms with Crippen molar-refractivity contribution in [3.05, 3.63) is 28.8 Å². The lowest BCUT2D eigenvalue weighted by Crippen LogP contribution is -2.36. The molecule has 1 aromatic carbocycles. The van der Waals surface area contributed by atoms with Crippen LogP contribution in [0.2, 0.25) is 5.02 Å². The van der Waals surface area contributed by atoms with Crippen molar-refractivity contribution >= 4 is 23.4 Å². The standard InChI is InChI=1S/C12H16ClNS/c1-12(14-2)6-3-7-15-11-8-9(13)4-5-10(11)12/h4-5,8,14H,3,6-7H2,1-2H3. The molecule has 0 saturated carbocycles. The fourth-order valence-corrected chi connectivity index (χ4v) is 3.48. The van der Waals surface area contributed by atoms with Crippen LogP contribution in [0.25, 0.3) is 0 Å². The number of rotatable bonds is 1. The molecule has 0 radical (unpaired) electrons. The van der Waals surface area contributed by atoms with E-state index in [-0.39, 0.29) is 5.54 Å². The summed E-state index contributed by atoms with van der Waals surface area (Å²) in [4.78, 5) is 1.33. The van der Waals surface area contributed by atoms with Gasteiger partial charge < -0.3 is 5.32 Å². The average Bonchev–Trinajstić information content (AvgIpc) is 2.39. The summed E-state index contributed by atoms with van der Waals surface area (Å²) in [5.41, 5.74) is 1.49. The smallest absolute Gasteiger partial charge is 0.0417 e. The highest BCUT2D eigenvalue weighted by atomic mass is 35.5. The number of halogens is 1. The molecular formula is C12H16ClNS. The molecule has 2 rings (SSSR count). The molecule has 0 aromatic heterocycles. The van der Waals surface area contributed by atoms with Gasteiger partial charge in [0.25, 0.3) is 0 Å². The highest BCUT2D eigenvalue weighted by molar-refractivity contribution is 7.99. The van der Waals surface area contributed by atoms with Gasteiger partial charge in [-0.1, -0.05) is 17.7 Å². The van der Waals surface area contributed by atoms with Gasteiger partial charge in [-0.25, -0.2) is 0 Å². The van der Waals surface area contributed by atoms with E-state index in [1.54, 1.807) is 0 Å². The quantitative estimate of drug-likeness (QED) is 0.806. The molecule has 1 aromatic rings. The second-order valence-electron chi connectivity index (χ2n) is 4.17. The Kier molecular flexibility index (Phi) is 3.29. The van der Waals surface area contributed by atoms with Crippen molar-refractivity contribution in [3.8, 4) is 0 Å². The summed E-state index contributed by atoms with van der Waals surface area (Å²) in [7, 11) is 2.04. The molecule has 1 aliphatic rings. The van der Waals surface area contributed by atoms with E-state index in [9.17, 15) is 0 Å². The van der Waals surface area contributed by atoms with Crippen LogP contribution in [0, 0.1) is 0 Å². The Labute approximate surface area is 101 Å². The van der Waals surface area contributed by atoms with E-state index in [1.165, 1.54) is 29.1 Å². The Morgan fingerprint density at radius 2 is 2.27 bits per heavy atom. The van der Waals surface area contributed by atoms with Crippen molar-refractivity contribution in [1.82, 2.24) is 5.32 Å². The zero-order valence-corrected chi connectivity index (χ0v) is 10.7. The molecule has 0 amide bonds. The third-order valence-electron chi connectivity index (χ3n) is 3.17. The zero-order chi connectivity index (χ0) is 10.9. The third-order valence-corrected chi connectivity index (χ3v) is 4.55. The molecule has 15 heavy (non-hydrogen) atoms. The number of hydrogen-bond donors (Lipinski definition) is 1. The van der Waals surface area contributed by atoms with E-state index >= 15 is 0 Å². The summed E-state index contributed by atoms with van der Waals surface area (Å²) < 4.78 is 0. The number of benzene rings is 1. The van der Waals surface area contributed by atoms with Gasteiger partial charge in [-0.05, 0) is 50.3 Å². The van der Waals surface area contributed by atoms with Crippen LogP contribution in [0.3, 0.4) is 0 Å². The van der Waals surface area contributed by atoms with Gasteiger partial charge in [0.05, 0.1) is 0 Å². The first-order valence-electron chi connectivity index (χ1n) is 5.27. The van der Waals surface area contributed by atoms with Gasteiger partial charge >= 0.3 is 0 Å². The fourth-order valence-electron chi connectivity index (χ4n) is 2.07. The van der Waals surface area contributed by atoms with Gasteiger partial charge in [0.2, 0.25) is 0 Å². The summed E-state index contributed by atoms with van der Waals surface area (Å²) in [5, 5.41) is 4.27. The first kappa shape index (κ1) is 11.3. The third kappa shape index (κ3) is 2.17. The monoisotopic (exact) mass is 241 g/mol. The Morgan fingerprint density at radius 3 is 3.00 bits per heavy atom. The van der Waals surface area contributed by atoms with Crippen molar-refractivity contribution in [3.63, 3.8) is 0 Å². The first-order valence-corrected chi connectivity index (χ1v) is 6.64. The molecule has 3 heteroatoms. The molecule has 1 aliphatic heterocycles. The summed E-state index contributed by atoms with van der Waals surface area (Å²) in [6.45, 7) is 2.27. The Balaban J connectivity index is 2.50. The van der Waals surface area contributed by atoms with Crippen molar-refractivity contribution in [2.24, 2.45) is 0 Å². The van der Waals surface area contributed by atoms with Crippen LogP contribution >= 0.6 is 23.4 Å². The SMILES string of the molecule is CNC1(C)CCCSc2cc(Cl)ccc21. The minimum absolute atomic E-state index is 0.101. The highest BCUT2D eigenvalue weighted by Crippen LogP contribution is 2.39. The first-order chi connectivity index (χ1) is 7.15. The predicted molar refractivity (Wildman–Crippen MR) is 67.8 cm³/mol. The van der Waals surface area contributed by atoms with Crippen molar-refractivity contribution in [2.45, 2.75) is 30.2 Å². The van der Waals surface area contributed by atoms with Gasteiger partial charge in [-0.2, -0.15) is 0 Å². The van der Waals surface area contributed by atoms with Gasteiger partial charge in [0.15, 0.2) is 0 Å². The molecular weight excluding hydrogens is 226 g/mol. The molecule has 0 aliphatic carbocycles. The maximum atomic E-state index is 6.03. The summed E-state index contributed by atoms with van der Waals surface area (Å²) >= 11 is 7.95. The van der Waals surface area contributed by atoms with Crippen molar-refractivity contribution in [2.75, 3.05) is 12.8 Å². The van der Waals surface area contributed by atoms with E-state index < -0.39 is 0 Å². The summed E-state index contributed by atoms with van der Waals surface area (Å²) in [5.74, 6) is 1.19. The van der Waals surface area contributed by atoms with E-state index in [0.29, 0.717) is 0 Å². The molecule has 1 N–H and O–H groups in total. The van der Waals surface area contributed by atoms with Gasteiger partial charge in [0.1, 0.15) is 0 Å². The Hall–Kier alpha value is -0.180. The van der Waals surface area contributed by atoms with Gasteiger partial charge in [0, 0.05) is 15.5 Å². The van der Waals surface area contributed by atoms with Crippen LogP contribution in [-0.2, 0) is 5.54 Å². The van der Waals surface area contributed by atoms with E-state index in [1.807, 2.05) is 24.9 Å². The maximum Gasteiger partial charge on any atom is 0.0417 e. The van der Waals surface area contributed by atoms with Gasteiger partial charge in [-0.3, -0.25) is 0 Å². The maximum absolute atomic E-state index is 6.03. The van der Waals surface area contributed by atoms with Gasteiger partial charge in [-0.15, -0.1) is 11.8 Å². The summed E-state index contributed by atoms with van der Waals surface area (Å²) in [6.07, 6.45) is 2.43. The molecule has 0 saturated heterocycles. The number of fused-ring (bicyclic) bond motifs is 1. The zero-order valence-electron chi connectivity index (χ0n) is 9.14. The highest BCUT2D eigenvalue weighted by Gasteiger charge is 2.29. The van der Waals surface area contributed by atoms with Crippen LogP contribution in [-0.4, -0.2) is 12.8 Å². The molecule has 0 fully saturated rings. The molecule has 1 atom stereocenters. The molecule has 1 heterocycles. The van der Waals surface area contributed by atoms with E-state index in [0.717, 1.165) is 5.02 Å². The number of hydrogen-bond acceptors (Lipinski definition) is 2. The molecule has 1 nitrogen and oxygen atoms in total. The van der Waals surface area contributed by atoms with E-state index in [2.05, 4.69) is 24.4 Å². The second-order valence-corrected chi connectivity index (χ2v) is 5.75. The van der Waals surface area contributed by atoms with Crippen LogP contribution in [0.5, 0.6) is 0 Å². The minimum Gasteiger partial charge on any atom is -0.311 e. The molecule has 1 unspecified atom stereocenters. The Morgan fingerprint density at radius 1 is 1.47 bits per heavy atom. The lowest BCUT2D eigenvalue weighted by Gasteiger charge is -2.29. The number of nitrogens with one attached hydrogen (secondary N) is 1. The fraction of sp³-hybridized carbons (Fsp3) is 0.500. The largest absolute Gasteiger partial charge is 0.311 e. The average molecular weight is 242 g/mol. The normalized spacial score (nSPS) is 25.8. The Bertz CT molecular complexity index is 367. The molecule has 82 valence electrons. The van der Waals surface area contributed by atoms with Crippen molar-refractivity contribution in [1.29, 1.82) is 0 Å². The molecule has 0 spiro atoms. The lowest BCUT2D eigenvalue weighted by molar-refractivity contribution is 0.363. The van der Waals surface area contributed by atoms with Crippen LogP contribution in [0.4, 0.5) is 0 Å². The topological polar surface area (TPSA) is 12.0 Å². The minimum atomic E-state index is 0.101. The molecule has 0 bridgehead atoms. The summed E-state index contributed by atoms with van der Waals surface area (Å²) in [6, 6.07) is 6.23. The predicted octanol–water partition coefficient (Wildman–Crippen LogP) is 3.66. The number of thioether (sulfide) groups is 1.